The van der Waals surface area contributed by atoms with Gasteiger partial charge in [-0.3, -0.25) is 0 Å². The van der Waals surface area contributed by atoms with Crippen LogP contribution >= 0.6 is 0 Å². The fourth-order valence-corrected chi connectivity index (χ4v) is 1.06. The van der Waals surface area contributed by atoms with Crippen molar-refractivity contribution in [2.45, 2.75) is 6.42 Å². The van der Waals surface area contributed by atoms with Crippen LogP contribution in [0.25, 0.3) is 0 Å². The van der Waals surface area contributed by atoms with Crippen molar-refractivity contribution >= 4 is 5.69 Å². The van der Waals surface area contributed by atoms with Crippen LogP contribution in [0.4, 0.5) is 5.69 Å². The largest absolute Gasteiger partial charge is 0.378 e. The Hall–Kier alpha value is -1.42. The van der Waals surface area contributed by atoms with Crippen molar-refractivity contribution in [1.29, 1.82) is 0 Å². The van der Waals surface area contributed by atoms with E-state index in [1.807, 2.05) is 26.2 Å². The minimum Gasteiger partial charge on any atom is -0.378 e. The van der Waals surface area contributed by atoms with E-state index >= 15 is 0 Å². The van der Waals surface area contributed by atoms with E-state index in [0.717, 1.165) is 0 Å². The molecule has 1 aromatic carbocycles. The van der Waals surface area contributed by atoms with E-state index in [9.17, 15) is 0 Å². The van der Waals surface area contributed by atoms with E-state index in [1.165, 1.54) is 11.3 Å². The monoisotopic (exact) mass is 159 g/mol. The first-order valence-corrected chi connectivity index (χ1v) is 3.94. The molecule has 1 rings (SSSR count). The highest BCUT2D eigenvalue weighted by Gasteiger charge is 1.95. The molecule has 0 bridgehead atoms. The second kappa shape index (κ2) is 3.82. The molecule has 0 saturated heterocycles. The highest BCUT2D eigenvalue weighted by Crippen LogP contribution is 2.13. The summed E-state index contributed by atoms with van der Waals surface area (Å²) in [5, 5.41) is 0. The normalized spacial score (nSPS) is 9.08. The number of terminal acetylenes is 1. The molecule has 0 aliphatic rings. The fraction of sp³-hybridized carbons (Fsp3) is 0.273. The molecule has 1 heteroatoms. The lowest BCUT2D eigenvalue weighted by atomic mass is 10.1. The Morgan fingerprint density at radius 1 is 1.42 bits per heavy atom. The number of benzene rings is 1. The van der Waals surface area contributed by atoms with E-state index in [-0.39, 0.29) is 0 Å². The highest BCUT2D eigenvalue weighted by molar-refractivity contribution is 5.47. The molecule has 0 N–H and O–H groups in total. The van der Waals surface area contributed by atoms with Crippen LogP contribution in [0.2, 0.25) is 0 Å². The van der Waals surface area contributed by atoms with E-state index in [4.69, 9.17) is 6.42 Å². The Labute approximate surface area is 74.0 Å². The van der Waals surface area contributed by atoms with Gasteiger partial charge < -0.3 is 4.90 Å². The maximum Gasteiger partial charge on any atom is 0.0364 e. The van der Waals surface area contributed by atoms with Gasteiger partial charge in [0, 0.05) is 26.2 Å². The smallest absolute Gasteiger partial charge is 0.0364 e. The van der Waals surface area contributed by atoms with E-state index in [1.54, 1.807) is 0 Å². The quantitative estimate of drug-likeness (QED) is 0.596. The van der Waals surface area contributed by atoms with E-state index in [0.29, 0.717) is 6.42 Å². The van der Waals surface area contributed by atoms with Gasteiger partial charge >= 0.3 is 0 Å². The summed E-state index contributed by atoms with van der Waals surface area (Å²) in [7, 11) is 4.05. The molecule has 1 nitrogen and oxygen atoms in total. The zero-order chi connectivity index (χ0) is 8.97. The first-order chi connectivity index (χ1) is 5.74. The summed E-state index contributed by atoms with van der Waals surface area (Å²) in [6.07, 6.45) is 5.93. The third kappa shape index (κ3) is 2.03. The lowest BCUT2D eigenvalue weighted by molar-refractivity contribution is 1.12. The average Bonchev–Trinajstić information content (AvgIpc) is 2.05. The number of rotatable bonds is 2. The summed E-state index contributed by atoms with van der Waals surface area (Å²) < 4.78 is 0. The molecule has 0 spiro atoms. The topological polar surface area (TPSA) is 3.24 Å². The third-order valence-corrected chi connectivity index (χ3v) is 1.73. The molecule has 0 unspecified atom stereocenters. The van der Waals surface area contributed by atoms with Crippen molar-refractivity contribution in [2.24, 2.45) is 0 Å². The van der Waals surface area contributed by atoms with Gasteiger partial charge in [-0.2, -0.15) is 0 Å². The predicted octanol–water partition coefficient (Wildman–Crippen LogP) is 1.93. The molecular weight excluding hydrogens is 146 g/mol. The first-order valence-electron chi connectivity index (χ1n) is 3.94. The number of hydrogen-bond donors (Lipinski definition) is 0. The minimum absolute atomic E-state index is 0.710. The van der Waals surface area contributed by atoms with Crippen LogP contribution in [0.15, 0.2) is 24.3 Å². The molecule has 12 heavy (non-hydrogen) atoms. The second-order valence-electron chi connectivity index (χ2n) is 2.95. The van der Waals surface area contributed by atoms with E-state index < -0.39 is 0 Å². The number of anilines is 1. The minimum atomic E-state index is 0.710. The van der Waals surface area contributed by atoms with Crippen molar-refractivity contribution in [2.75, 3.05) is 19.0 Å². The highest BCUT2D eigenvalue weighted by atomic mass is 15.1. The molecule has 0 aromatic heterocycles. The Balaban J connectivity index is 2.90. The van der Waals surface area contributed by atoms with Gasteiger partial charge in [-0.25, -0.2) is 0 Å². The van der Waals surface area contributed by atoms with Crippen LogP contribution in [0, 0.1) is 12.3 Å². The van der Waals surface area contributed by atoms with Crippen molar-refractivity contribution in [3.05, 3.63) is 29.8 Å². The standard InChI is InChI=1S/C11H13N/c1-4-6-10-7-5-8-11(9-10)12(2)3/h1,5,7-9H,6H2,2-3H3. The first kappa shape index (κ1) is 8.67. The van der Waals surface area contributed by atoms with Gasteiger partial charge in [-0.05, 0) is 17.7 Å². The van der Waals surface area contributed by atoms with Gasteiger partial charge in [0.25, 0.3) is 0 Å². The maximum atomic E-state index is 5.22. The second-order valence-corrected chi connectivity index (χ2v) is 2.95. The molecule has 62 valence electrons. The van der Waals surface area contributed by atoms with Gasteiger partial charge in [-0.1, -0.05) is 12.1 Å². The van der Waals surface area contributed by atoms with E-state index in [2.05, 4.69) is 23.0 Å². The molecule has 0 aliphatic carbocycles. The van der Waals surface area contributed by atoms with Crippen LogP contribution < -0.4 is 4.90 Å². The van der Waals surface area contributed by atoms with Crippen LogP contribution in [0.3, 0.4) is 0 Å². The van der Waals surface area contributed by atoms with Crippen molar-refractivity contribution in [1.82, 2.24) is 0 Å². The summed E-state index contributed by atoms with van der Waals surface area (Å²) in [5.41, 5.74) is 2.39. The van der Waals surface area contributed by atoms with Crippen LogP contribution in [-0.2, 0) is 6.42 Å². The molecular formula is C11H13N. The van der Waals surface area contributed by atoms with Gasteiger partial charge in [0.1, 0.15) is 0 Å². The van der Waals surface area contributed by atoms with Gasteiger partial charge in [-0.15, -0.1) is 12.3 Å². The lowest BCUT2D eigenvalue weighted by Crippen LogP contribution is -2.08. The average molecular weight is 159 g/mol. The Morgan fingerprint density at radius 2 is 2.17 bits per heavy atom. The van der Waals surface area contributed by atoms with Crippen LogP contribution in [-0.4, -0.2) is 14.1 Å². The molecule has 0 saturated carbocycles. The molecule has 1 aromatic rings. The summed E-state index contributed by atoms with van der Waals surface area (Å²) >= 11 is 0. The number of hydrogen-bond acceptors (Lipinski definition) is 1. The molecule has 0 aliphatic heterocycles. The summed E-state index contributed by atoms with van der Waals surface area (Å²) in [6, 6.07) is 8.26. The van der Waals surface area contributed by atoms with Crippen LogP contribution in [0.1, 0.15) is 5.56 Å². The third-order valence-electron chi connectivity index (χ3n) is 1.73. The molecule has 0 atom stereocenters. The molecule has 0 amide bonds. The lowest BCUT2D eigenvalue weighted by Gasteiger charge is -2.12. The Kier molecular flexibility index (Phi) is 2.76. The zero-order valence-corrected chi connectivity index (χ0v) is 7.54. The molecule has 0 radical (unpaired) electrons. The van der Waals surface area contributed by atoms with Crippen LogP contribution in [0.5, 0.6) is 0 Å². The van der Waals surface area contributed by atoms with Gasteiger partial charge in [0.2, 0.25) is 0 Å². The van der Waals surface area contributed by atoms with Crippen molar-refractivity contribution < 1.29 is 0 Å². The molecule has 0 heterocycles. The Bertz CT molecular complexity index is 294. The summed E-state index contributed by atoms with van der Waals surface area (Å²) in [5.74, 6) is 2.63. The van der Waals surface area contributed by atoms with Crippen molar-refractivity contribution in [3.63, 3.8) is 0 Å². The van der Waals surface area contributed by atoms with Gasteiger partial charge in [0.15, 0.2) is 0 Å². The summed E-state index contributed by atoms with van der Waals surface area (Å²) in [6.45, 7) is 0. The Morgan fingerprint density at radius 3 is 2.75 bits per heavy atom. The fourth-order valence-electron chi connectivity index (χ4n) is 1.06. The summed E-state index contributed by atoms with van der Waals surface area (Å²) in [4.78, 5) is 2.07. The van der Waals surface area contributed by atoms with Gasteiger partial charge in [0.05, 0.1) is 0 Å². The number of nitrogens with zero attached hydrogens (tertiary/aromatic N) is 1. The maximum absolute atomic E-state index is 5.22. The predicted molar refractivity (Wildman–Crippen MR) is 53.3 cm³/mol. The zero-order valence-electron chi connectivity index (χ0n) is 7.54. The van der Waals surface area contributed by atoms with Crippen molar-refractivity contribution in [3.8, 4) is 12.3 Å². The SMILES string of the molecule is C#CCc1cccc(N(C)C)c1. The molecule has 0 fully saturated rings.